The number of fused-ring (bicyclic) bond motifs is 1. The summed E-state index contributed by atoms with van der Waals surface area (Å²) in [6, 6.07) is 18.8. The van der Waals surface area contributed by atoms with Crippen LogP contribution in [0.15, 0.2) is 76.9 Å². The van der Waals surface area contributed by atoms with E-state index >= 15 is 0 Å². The third kappa shape index (κ3) is 3.63. The normalized spacial score (nSPS) is 15.5. The molecular formula is C26H21N3O4. The molecule has 3 heterocycles. The van der Waals surface area contributed by atoms with E-state index in [9.17, 15) is 14.4 Å². The van der Waals surface area contributed by atoms with Crippen molar-refractivity contribution in [1.82, 2.24) is 14.8 Å². The first-order valence-corrected chi connectivity index (χ1v) is 10.5. The van der Waals surface area contributed by atoms with Gasteiger partial charge in [-0.3, -0.25) is 19.8 Å². The van der Waals surface area contributed by atoms with Crippen LogP contribution in [-0.2, 0) is 16.1 Å². The molecule has 1 fully saturated rings. The molecule has 4 amide bonds. The number of hydrogen-bond acceptors (Lipinski definition) is 4. The number of carbonyl (C=O) groups excluding carboxylic acids is 3. The fourth-order valence-electron chi connectivity index (χ4n) is 4.20. The van der Waals surface area contributed by atoms with E-state index < -0.39 is 17.8 Å². The molecular weight excluding hydrogens is 418 g/mol. The predicted octanol–water partition coefficient (Wildman–Crippen LogP) is 4.50. The number of aromatic nitrogens is 1. The highest BCUT2D eigenvalue weighted by atomic mass is 16.3. The average Bonchev–Trinajstić information content (AvgIpc) is 3.41. The molecule has 7 nitrogen and oxygen atoms in total. The van der Waals surface area contributed by atoms with Crippen LogP contribution in [0.3, 0.4) is 0 Å². The lowest BCUT2D eigenvalue weighted by Gasteiger charge is -2.25. The Morgan fingerprint density at radius 2 is 1.73 bits per heavy atom. The van der Waals surface area contributed by atoms with E-state index in [-0.39, 0.29) is 12.1 Å². The summed E-state index contributed by atoms with van der Waals surface area (Å²) in [5, 5.41) is 4.52. The molecule has 0 atom stereocenters. The van der Waals surface area contributed by atoms with E-state index in [4.69, 9.17) is 4.42 Å². The summed E-state index contributed by atoms with van der Waals surface area (Å²) in [5.41, 5.74) is 3.46. The summed E-state index contributed by atoms with van der Waals surface area (Å²) < 4.78 is 7.33. The number of hydrogen-bond donors (Lipinski definition) is 1. The number of benzene rings is 2. The molecule has 0 bridgehead atoms. The van der Waals surface area contributed by atoms with Gasteiger partial charge in [-0.1, -0.05) is 30.3 Å². The Hall–Kier alpha value is -4.39. The summed E-state index contributed by atoms with van der Waals surface area (Å²) in [4.78, 5) is 38.8. The molecule has 0 aliphatic carbocycles. The topological polar surface area (TPSA) is 84.6 Å². The molecule has 7 heteroatoms. The largest absolute Gasteiger partial charge is 0.467 e. The number of nitrogens with zero attached hydrogens (tertiary/aromatic N) is 2. The first kappa shape index (κ1) is 20.5. The van der Waals surface area contributed by atoms with Gasteiger partial charge in [0, 0.05) is 17.1 Å². The minimum absolute atomic E-state index is 0.0571. The van der Waals surface area contributed by atoms with Gasteiger partial charge in [0.2, 0.25) is 0 Å². The van der Waals surface area contributed by atoms with Crippen LogP contribution >= 0.6 is 0 Å². The monoisotopic (exact) mass is 439 g/mol. The quantitative estimate of drug-likeness (QED) is 0.375. The fourth-order valence-corrected chi connectivity index (χ4v) is 4.20. The maximum absolute atomic E-state index is 13.0. The lowest BCUT2D eigenvalue weighted by atomic mass is 10.1. The van der Waals surface area contributed by atoms with Gasteiger partial charge in [0.25, 0.3) is 11.8 Å². The minimum Gasteiger partial charge on any atom is -0.467 e. The molecule has 33 heavy (non-hydrogen) atoms. The molecule has 164 valence electrons. The highest BCUT2D eigenvalue weighted by Crippen LogP contribution is 2.26. The number of imide groups is 2. The maximum atomic E-state index is 13.0. The van der Waals surface area contributed by atoms with Crippen molar-refractivity contribution in [1.29, 1.82) is 0 Å². The summed E-state index contributed by atoms with van der Waals surface area (Å²) in [7, 11) is 0. The highest BCUT2D eigenvalue weighted by Gasteiger charge is 2.36. The van der Waals surface area contributed by atoms with E-state index in [1.165, 1.54) is 6.26 Å². The van der Waals surface area contributed by atoms with Crippen molar-refractivity contribution >= 4 is 34.7 Å². The molecule has 0 spiro atoms. The van der Waals surface area contributed by atoms with Crippen LogP contribution in [-0.4, -0.2) is 27.3 Å². The number of amides is 4. The molecule has 1 saturated heterocycles. The Labute approximate surface area is 189 Å². The maximum Gasteiger partial charge on any atom is 0.331 e. The zero-order chi connectivity index (χ0) is 23.1. The standard InChI is InChI=1S/C26H21N3O4/c1-16-12-20(17(2)29(16)21-10-9-18-6-3-4-7-19(18)13-21)14-23-24(30)27-26(32)28(25(23)31)15-22-8-5-11-33-22/h3-14H,15H2,1-2H3,(H,27,30,32)/b23-14-. The zero-order valence-electron chi connectivity index (χ0n) is 18.2. The molecule has 2 aromatic carbocycles. The fraction of sp³-hybridized carbons (Fsp3) is 0.115. The van der Waals surface area contributed by atoms with Crippen LogP contribution in [0.25, 0.3) is 22.5 Å². The van der Waals surface area contributed by atoms with Crippen molar-refractivity contribution in [3.8, 4) is 5.69 Å². The van der Waals surface area contributed by atoms with Crippen molar-refractivity contribution in [2.75, 3.05) is 0 Å². The van der Waals surface area contributed by atoms with E-state index in [1.54, 1.807) is 18.2 Å². The smallest absolute Gasteiger partial charge is 0.331 e. The van der Waals surface area contributed by atoms with Gasteiger partial charge in [-0.05, 0) is 66.6 Å². The minimum atomic E-state index is -0.764. The number of furan rings is 1. The molecule has 1 aliphatic heterocycles. The van der Waals surface area contributed by atoms with Crippen LogP contribution in [0, 0.1) is 13.8 Å². The lowest BCUT2D eigenvalue weighted by Crippen LogP contribution is -2.53. The number of rotatable bonds is 4. The number of urea groups is 1. The molecule has 2 aromatic heterocycles. The van der Waals surface area contributed by atoms with Crippen molar-refractivity contribution in [3.63, 3.8) is 0 Å². The number of aryl methyl sites for hydroxylation is 1. The number of nitrogens with one attached hydrogen (secondary N) is 1. The van der Waals surface area contributed by atoms with Gasteiger partial charge in [-0.15, -0.1) is 0 Å². The number of barbiturate groups is 1. The Morgan fingerprint density at radius 3 is 2.48 bits per heavy atom. The second kappa shape index (κ2) is 7.94. The highest BCUT2D eigenvalue weighted by molar-refractivity contribution is 6.31. The van der Waals surface area contributed by atoms with E-state index in [0.29, 0.717) is 5.76 Å². The Morgan fingerprint density at radius 1 is 0.939 bits per heavy atom. The molecule has 0 unspecified atom stereocenters. The van der Waals surface area contributed by atoms with Crippen molar-refractivity contribution in [3.05, 3.63) is 95.2 Å². The van der Waals surface area contributed by atoms with Crippen LogP contribution in [0.4, 0.5) is 4.79 Å². The van der Waals surface area contributed by atoms with Crippen molar-refractivity contribution in [2.24, 2.45) is 0 Å². The predicted molar refractivity (Wildman–Crippen MR) is 124 cm³/mol. The van der Waals surface area contributed by atoms with Crippen molar-refractivity contribution < 1.29 is 18.8 Å². The molecule has 5 rings (SSSR count). The molecule has 0 saturated carbocycles. The molecule has 1 N–H and O–H groups in total. The third-order valence-electron chi connectivity index (χ3n) is 5.84. The lowest BCUT2D eigenvalue weighted by molar-refractivity contribution is -0.130. The van der Waals surface area contributed by atoms with Gasteiger partial charge in [0.05, 0.1) is 12.8 Å². The third-order valence-corrected chi connectivity index (χ3v) is 5.84. The summed E-state index contributed by atoms with van der Waals surface area (Å²) in [6.45, 7) is 3.85. The first-order valence-electron chi connectivity index (χ1n) is 10.5. The van der Waals surface area contributed by atoms with Gasteiger partial charge in [-0.2, -0.15) is 0 Å². The van der Waals surface area contributed by atoms with Gasteiger partial charge in [0.1, 0.15) is 11.3 Å². The summed E-state index contributed by atoms with van der Waals surface area (Å²) >= 11 is 0. The van der Waals surface area contributed by atoms with Gasteiger partial charge in [-0.25, -0.2) is 4.79 Å². The Balaban J connectivity index is 1.52. The molecule has 4 aromatic rings. The average molecular weight is 439 g/mol. The van der Waals surface area contributed by atoms with Gasteiger partial charge < -0.3 is 8.98 Å². The van der Waals surface area contributed by atoms with Crippen LogP contribution in [0.2, 0.25) is 0 Å². The Bertz CT molecular complexity index is 1440. The van der Waals surface area contributed by atoms with Gasteiger partial charge >= 0.3 is 6.03 Å². The zero-order valence-corrected chi connectivity index (χ0v) is 18.2. The summed E-state index contributed by atoms with van der Waals surface area (Å²) in [5.74, 6) is -0.923. The SMILES string of the molecule is Cc1cc(/C=C2/C(=O)NC(=O)N(Cc3ccco3)C2=O)c(C)n1-c1ccc2ccccc2c1. The van der Waals surface area contributed by atoms with Crippen LogP contribution in [0.5, 0.6) is 0 Å². The second-order valence-corrected chi connectivity index (χ2v) is 7.98. The molecule has 1 aliphatic rings. The van der Waals surface area contributed by atoms with E-state index in [1.807, 2.05) is 38.1 Å². The van der Waals surface area contributed by atoms with Crippen LogP contribution < -0.4 is 5.32 Å². The van der Waals surface area contributed by atoms with Crippen molar-refractivity contribution in [2.45, 2.75) is 20.4 Å². The van der Waals surface area contributed by atoms with E-state index in [0.717, 1.165) is 38.3 Å². The second-order valence-electron chi connectivity index (χ2n) is 7.98. The Kier molecular flexibility index (Phi) is 4.94. The van der Waals surface area contributed by atoms with Gasteiger partial charge in [0.15, 0.2) is 0 Å². The first-order chi connectivity index (χ1) is 15.9. The molecule has 0 radical (unpaired) electrons. The van der Waals surface area contributed by atoms with Crippen LogP contribution in [0.1, 0.15) is 22.7 Å². The summed E-state index contributed by atoms with van der Waals surface area (Å²) in [6.07, 6.45) is 3.00. The number of carbonyl (C=O) groups is 3. The van der Waals surface area contributed by atoms with E-state index in [2.05, 4.69) is 34.1 Å².